The molecule has 3 rings (SSSR count). The topological polar surface area (TPSA) is 59.9 Å². The standard InChI is InChI=1S/C21H18Cl2N2O3/c1-13(28-20-10-8-15(22)11-18(20)23)21(26)25-24-12-14-7-9-19(27-2)17-6-4-3-5-16(14)17/h3-13H,1-2H3,(H,25,26). The summed E-state index contributed by atoms with van der Waals surface area (Å²) in [6.07, 6.45) is 0.796. The average Bonchev–Trinajstić information content (AvgIpc) is 2.70. The van der Waals surface area contributed by atoms with E-state index in [1.165, 1.54) is 0 Å². The molecule has 0 bridgehead atoms. The minimum atomic E-state index is -0.788. The predicted molar refractivity (Wildman–Crippen MR) is 113 cm³/mol. The van der Waals surface area contributed by atoms with E-state index in [4.69, 9.17) is 32.7 Å². The second-order valence-electron chi connectivity index (χ2n) is 5.97. The molecule has 1 amide bonds. The fraction of sp³-hybridized carbons (Fsp3) is 0.143. The number of rotatable bonds is 6. The number of hydrogen-bond donors (Lipinski definition) is 1. The van der Waals surface area contributed by atoms with Crippen LogP contribution in [0.25, 0.3) is 10.8 Å². The van der Waals surface area contributed by atoms with Crippen molar-refractivity contribution in [3.63, 3.8) is 0 Å². The molecule has 3 aromatic carbocycles. The Morgan fingerprint density at radius 3 is 2.50 bits per heavy atom. The smallest absolute Gasteiger partial charge is 0.280 e. The van der Waals surface area contributed by atoms with Crippen molar-refractivity contribution in [2.75, 3.05) is 7.11 Å². The number of fused-ring (bicyclic) bond motifs is 1. The number of halogens is 2. The Labute approximate surface area is 172 Å². The molecule has 0 aliphatic carbocycles. The Morgan fingerprint density at radius 1 is 1.07 bits per heavy atom. The normalized spacial score (nSPS) is 12.1. The van der Waals surface area contributed by atoms with E-state index in [-0.39, 0.29) is 0 Å². The van der Waals surface area contributed by atoms with Gasteiger partial charge in [0, 0.05) is 16.0 Å². The van der Waals surface area contributed by atoms with Gasteiger partial charge in [-0.05, 0) is 42.6 Å². The van der Waals surface area contributed by atoms with Crippen LogP contribution in [0.2, 0.25) is 10.0 Å². The zero-order chi connectivity index (χ0) is 20.1. The monoisotopic (exact) mass is 416 g/mol. The summed E-state index contributed by atoms with van der Waals surface area (Å²) in [6.45, 7) is 1.61. The van der Waals surface area contributed by atoms with Crippen LogP contribution in [0.3, 0.4) is 0 Å². The van der Waals surface area contributed by atoms with Crippen molar-refractivity contribution in [2.45, 2.75) is 13.0 Å². The van der Waals surface area contributed by atoms with E-state index in [1.54, 1.807) is 38.4 Å². The van der Waals surface area contributed by atoms with Gasteiger partial charge in [0.05, 0.1) is 18.3 Å². The van der Waals surface area contributed by atoms with Gasteiger partial charge in [-0.1, -0.05) is 47.5 Å². The maximum absolute atomic E-state index is 12.2. The summed E-state index contributed by atoms with van der Waals surface area (Å²) >= 11 is 11.9. The van der Waals surface area contributed by atoms with Crippen LogP contribution in [-0.4, -0.2) is 25.3 Å². The minimum absolute atomic E-state index is 0.334. The first-order chi connectivity index (χ1) is 13.5. The first kappa shape index (κ1) is 20.0. The largest absolute Gasteiger partial charge is 0.496 e. The highest BCUT2D eigenvalue weighted by Gasteiger charge is 2.15. The Hall–Kier alpha value is -2.76. The van der Waals surface area contributed by atoms with Crippen LogP contribution in [0.1, 0.15) is 12.5 Å². The van der Waals surface area contributed by atoms with Crippen LogP contribution >= 0.6 is 23.2 Å². The molecule has 0 radical (unpaired) electrons. The molecular formula is C21H18Cl2N2O3. The lowest BCUT2D eigenvalue weighted by atomic mass is 10.0. The molecule has 0 spiro atoms. The summed E-state index contributed by atoms with van der Waals surface area (Å²) in [5, 5.41) is 6.81. The second kappa shape index (κ2) is 8.95. The molecule has 144 valence electrons. The van der Waals surface area contributed by atoms with Crippen LogP contribution in [0, 0.1) is 0 Å². The molecule has 0 aromatic heterocycles. The Bertz CT molecular complexity index is 1040. The van der Waals surface area contributed by atoms with Crippen molar-refractivity contribution >= 4 is 46.1 Å². The van der Waals surface area contributed by atoms with Gasteiger partial charge in [-0.25, -0.2) is 5.43 Å². The van der Waals surface area contributed by atoms with E-state index < -0.39 is 12.0 Å². The fourth-order valence-corrected chi connectivity index (χ4v) is 3.11. The first-order valence-electron chi connectivity index (χ1n) is 8.50. The Morgan fingerprint density at radius 2 is 1.79 bits per heavy atom. The van der Waals surface area contributed by atoms with Crippen LogP contribution in [0.4, 0.5) is 0 Å². The number of nitrogens with zero attached hydrogens (tertiary/aromatic N) is 1. The van der Waals surface area contributed by atoms with Gasteiger partial charge in [0.15, 0.2) is 6.10 Å². The average molecular weight is 417 g/mol. The second-order valence-corrected chi connectivity index (χ2v) is 6.82. The predicted octanol–water partition coefficient (Wildman–Crippen LogP) is 5.07. The lowest BCUT2D eigenvalue weighted by Crippen LogP contribution is -2.33. The van der Waals surface area contributed by atoms with Gasteiger partial charge in [0.2, 0.25) is 0 Å². The molecule has 0 heterocycles. The maximum Gasteiger partial charge on any atom is 0.280 e. The van der Waals surface area contributed by atoms with Crippen LogP contribution < -0.4 is 14.9 Å². The van der Waals surface area contributed by atoms with E-state index >= 15 is 0 Å². The van der Waals surface area contributed by atoms with E-state index in [1.807, 2.05) is 36.4 Å². The summed E-state index contributed by atoms with van der Waals surface area (Å²) < 4.78 is 11.0. The van der Waals surface area contributed by atoms with Gasteiger partial charge in [-0.2, -0.15) is 5.10 Å². The van der Waals surface area contributed by atoms with Gasteiger partial charge in [-0.3, -0.25) is 4.79 Å². The third-order valence-electron chi connectivity index (χ3n) is 4.08. The molecular weight excluding hydrogens is 399 g/mol. The summed E-state index contributed by atoms with van der Waals surface area (Å²) in [6, 6.07) is 16.4. The van der Waals surface area contributed by atoms with Gasteiger partial charge < -0.3 is 9.47 Å². The van der Waals surface area contributed by atoms with Gasteiger partial charge in [0.1, 0.15) is 11.5 Å². The summed E-state index contributed by atoms with van der Waals surface area (Å²) in [4.78, 5) is 12.2. The lowest BCUT2D eigenvalue weighted by molar-refractivity contribution is -0.127. The van der Waals surface area contributed by atoms with Crippen molar-refractivity contribution in [3.05, 3.63) is 70.2 Å². The van der Waals surface area contributed by atoms with Crippen molar-refractivity contribution < 1.29 is 14.3 Å². The van der Waals surface area contributed by atoms with E-state index in [0.29, 0.717) is 15.8 Å². The number of hydrazone groups is 1. The molecule has 0 saturated heterocycles. The molecule has 5 nitrogen and oxygen atoms in total. The van der Waals surface area contributed by atoms with Crippen molar-refractivity contribution in [1.82, 2.24) is 5.43 Å². The zero-order valence-electron chi connectivity index (χ0n) is 15.3. The summed E-state index contributed by atoms with van der Waals surface area (Å²) in [5.41, 5.74) is 3.33. The molecule has 1 unspecified atom stereocenters. The number of ether oxygens (including phenoxy) is 2. The quantitative estimate of drug-likeness (QED) is 0.450. The minimum Gasteiger partial charge on any atom is -0.496 e. The van der Waals surface area contributed by atoms with Gasteiger partial charge in [-0.15, -0.1) is 0 Å². The molecule has 28 heavy (non-hydrogen) atoms. The molecule has 3 aromatic rings. The Balaban J connectivity index is 1.69. The highest BCUT2D eigenvalue weighted by molar-refractivity contribution is 6.35. The summed E-state index contributed by atoms with van der Waals surface area (Å²) in [7, 11) is 1.63. The van der Waals surface area contributed by atoms with E-state index in [9.17, 15) is 4.79 Å². The number of benzene rings is 3. The number of amides is 1. The van der Waals surface area contributed by atoms with Crippen LogP contribution in [0.5, 0.6) is 11.5 Å². The third kappa shape index (κ3) is 4.55. The Kier molecular flexibility index (Phi) is 6.39. The third-order valence-corrected chi connectivity index (χ3v) is 4.61. The molecule has 1 N–H and O–H groups in total. The van der Waals surface area contributed by atoms with Gasteiger partial charge >= 0.3 is 0 Å². The van der Waals surface area contributed by atoms with Crippen molar-refractivity contribution in [3.8, 4) is 11.5 Å². The number of hydrogen-bond acceptors (Lipinski definition) is 4. The van der Waals surface area contributed by atoms with E-state index in [2.05, 4.69) is 10.5 Å². The highest BCUT2D eigenvalue weighted by Crippen LogP contribution is 2.29. The van der Waals surface area contributed by atoms with Crippen LogP contribution in [0.15, 0.2) is 59.7 Å². The number of nitrogens with one attached hydrogen (secondary N) is 1. The van der Waals surface area contributed by atoms with Crippen molar-refractivity contribution in [2.24, 2.45) is 5.10 Å². The fourth-order valence-electron chi connectivity index (χ4n) is 2.66. The van der Waals surface area contributed by atoms with E-state index in [0.717, 1.165) is 22.1 Å². The number of methoxy groups -OCH3 is 1. The molecule has 1 atom stereocenters. The molecule has 7 heteroatoms. The molecule has 0 aliphatic rings. The molecule has 0 aliphatic heterocycles. The SMILES string of the molecule is COc1ccc(C=NNC(=O)C(C)Oc2ccc(Cl)cc2Cl)c2ccccc12. The maximum atomic E-state index is 12.2. The lowest BCUT2D eigenvalue weighted by Gasteiger charge is -2.14. The van der Waals surface area contributed by atoms with Crippen LogP contribution in [-0.2, 0) is 4.79 Å². The molecule has 0 fully saturated rings. The van der Waals surface area contributed by atoms with Crippen molar-refractivity contribution in [1.29, 1.82) is 0 Å². The molecule has 0 saturated carbocycles. The zero-order valence-corrected chi connectivity index (χ0v) is 16.8. The highest BCUT2D eigenvalue weighted by atomic mass is 35.5. The first-order valence-corrected chi connectivity index (χ1v) is 9.25. The summed E-state index contributed by atoms with van der Waals surface area (Å²) in [5.74, 6) is 0.748. The van der Waals surface area contributed by atoms with Gasteiger partial charge in [0.25, 0.3) is 5.91 Å². The number of carbonyl (C=O) groups excluding carboxylic acids is 1. The number of carbonyl (C=O) groups is 1.